The number of ether oxygens (including phenoxy) is 1. The maximum atomic E-state index is 5.91. The number of rotatable bonds is 1. The molecular formula is C11H15Cl2NO. The highest BCUT2D eigenvalue weighted by Crippen LogP contribution is 2.27. The van der Waals surface area contributed by atoms with E-state index in [1.54, 1.807) is 0 Å². The topological polar surface area (TPSA) is 21.3 Å². The van der Waals surface area contributed by atoms with Crippen LogP contribution >= 0.6 is 24.0 Å². The molecular weight excluding hydrogens is 233 g/mol. The van der Waals surface area contributed by atoms with Crippen LogP contribution in [-0.4, -0.2) is 12.1 Å². The van der Waals surface area contributed by atoms with E-state index in [1.165, 1.54) is 0 Å². The summed E-state index contributed by atoms with van der Waals surface area (Å²) in [5, 5.41) is 4.14. The van der Waals surface area contributed by atoms with E-state index in [1.807, 2.05) is 24.3 Å². The van der Waals surface area contributed by atoms with E-state index < -0.39 is 0 Å². The van der Waals surface area contributed by atoms with Crippen LogP contribution in [0.1, 0.15) is 25.6 Å². The van der Waals surface area contributed by atoms with Crippen LogP contribution in [-0.2, 0) is 4.74 Å². The van der Waals surface area contributed by atoms with Crippen LogP contribution in [0.3, 0.4) is 0 Å². The third kappa shape index (κ3) is 3.08. The van der Waals surface area contributed by atoms with Crippen molar-refractivity contribution in [1.82, 2.24) is 5.32 Å². The number of hydrogen-bond donors (Lipinski definition) is 1. The van der Waals surface area contributed by atoms with Gasteiger partial charge in [0.25, 0.3) is 0 Å². The van der Waals surface area contributed by atoms with Crippen LogP contribution in [0, 0.1) is 0 Å². The Morgan fingerprint density at radius 2 is 2.20 bits per heavy atom. The van der Waals surface area contributed by atoms with E-state index in [4.69, 9.17) is 16.3 Å². The van der Waals surface area contributed by atoms with Gasteiger partial charge < -0.3 is 4.74 Å². The lowest BCUT2D eigenvalue weighted by Gasteiger charge is -2.17. The van der Waals surface area contributed by atoms with Crippen molar-refractivity contribution >= 4 is 24.0 Å². The first kappa shape index (κ1) is 12.8. The van der Waals surface area contributed by atoms with Gasteiger partial charge in [-0.3, -0.25) is 5.32 Å². The molecule has 2 rings (SSSR count). The lowest BCUT2D eigenvalue weighted by atomic mass is 10.1. The smallest absolute Gasteiger partial charge is 0.134 e. The Kier molecular flexibility index (Phi) is 4.01. The monoisotopic (exact) mass is 247 g/mol. The average molecular weight is 248 g/mol. The molecule has 1 heterocycles. The molecule has 1 aliphatic heterocycles. The van der Waals surface area contributed by atoms with Crippen LogP contribution in [0.5, 0.6) is 0 Å². The molecule has 1 aliphatic rings. The summed E-state index contributed by atoms with van der Waals surface area (Å²) >= 11 is 5.91. The van der Waals surface area contributed by atoms with Gasteiger partial charge >= 0.3 is 0 Å². The summed E-state index contributed by atoms with van der Waals surface area (Å²) in [6.07, 6.45) is -0.0244. The summed E-state index contributed by atoms with van der Waals surface area (Å²) in [7, 11) is 0. The molecule has 0 bridgehead atoms. The van der Waals surface area contributed by atoms with Gasteiger partial charge in [-0.15, -0.1) is 12.4 Å². The van der Waals surface area contributed by atoms with Gasteiger partial charge in [0.2, 0.25) is 0 Å². The highest BCUT2D eigenvalue weighted by Gasteiger charge is 2.31. The molecule has 1 fully saturated rings. The van der Waals surface area contributed by atoms with E-state index in [-0.39, 0.29) is 24.2 Å². The van der Waals surface area contributed by atoms with Crippen LogP contribution in [0.25, 0.3) is 0 Å². The SMILES string of the molecule is CC1(C)COC(c2cccc(Cl)c2)N1.Cl. The second kappa shape index (κ2) is 4.71. The van der Waals surface area contributed by atoms with E-state index in [2.05, 4.69) is 19.2 Å². The summed E-state index contributed by atoms with van der Waals surface area (Å²) in [4.78, 5) is 0. The molecule has 1 aromatic carbocycles. The summed E-state index contributed by atoms with van der Waals surface area (Å²) in [5.41, 5.74) is 1.13. The van der Waals surface area contributed by atoms with Gasteiger partial charge in [0.15, 0.2) is 0 Å². The van der Waals surface area contributed by atoms with Gasteiger partial charge in [0.1, 0.15) is 6.23 Å². The highest BCUT2D eigenvalue weighted by atomic mass is 35.5. The van der Waals surface area contributed by atoms with E-state index in [0.29, 0.717) is 0 Å². The molecule has 1 atom stereocenters. The molecule has 1 aromatic rings. The first-order valence-electron chi connectivity index (χ1n) is 4.72. The van der Waals surface area contributed by atoms with Gasteiger partial charge in [-0.2, -0.15) is 0 Å². The average Bonchev–Trinajstić information content (AvgIpc) is 2.46. The van der Waals surface area contributed by atoms with Gasteiger partial charge in [0.05, 0.1) is 6.61 Å². The molecule has 0 aromatic heterocycles. The Labute approximate surface area is 101 Å². The molecule has 1 saturated heterocycles. The third-order valence-corrected chi connectivity index (χ3v) is 2.52. The molecule has 1 N–H and O–H groups in total. The van der Waals surface area contributed by atoms with Crippen LogP contribution in [0.4, 0.5) is 0 Å². The second-order valence-electron chi connectivity index (χ2n) is 4.27. The summed E-state index contributed by atoms with van der Waals surface area (Å²) in [6, 6.07) is 7.75. The zero-order chi connectivity index (χ0) is 10.2. The molecule has 0 spiro atoms. The van der Waals surface area contributed by atoms with Crippen LogP contribution in [0.15, 0.2) is 24.3 Å². The van der Waals surface area contributed by atoms with Crippen molar-refractivity contribution in [2.75, 3.05) is 6.61 Å². The minimum Gasteiger partial charge on any atom is -0.357 e. The zero-order valence-corrected chi connectivity index (χ0v) is 10.4. The first-order chi connectivity index (χ1) is 6.57. The maximum Gasteiger partial charge on any atom is 0.134 e. The third-order valence-electron chi connectivity index (χ3n) is 2.28. The fourth-order valence-corrected chi connectivity index (χ4v) is 1.78. The van der Waals surface area contributed by atoms with E-state index in [0.717, 1.165) is 17.2 Å². The molecule has 2 nitrogen and oxygen atoms in total. The molecule has 4 heteroatoms. The number of benzene rings is 1. The fraction of sp³-hybridized carbons (Fsp3) is 0.455. The van der Waals surface area contributed by atoms with Gasteiger partial charge in [-0.25, -0.2) is 0 Å². The Morgan fingerprint density at radius 1 is 1.47 bits per heavy atom. The zero-order valence-electron chi connectivity index (χ0n) is 8.79. The van der Waals surface area contributed by atoms with E-state index >= 15 is 0 Å². The van der Waals surface area contributed by atoms with Crippen molar-refractivity contribution in [2.24, 2.45) is 0 Å². The molecule has 15 heavy (non-hydrogen) atoms. The molecule has 84 valence electrons. The Bertz CT molecular complexity index is 341. The van der Waals surface area contributed by atoms with Crippen molar-refractivity contribution in [2.45, 2.75) is 25.6 Å². The summed E-state index contributed by atoms with van der Waals surface area (Å²) < 4.78 is 5.64. The Balaban J connectivity index is 0.00000112. The quantitative estimate of drug-likeness (QED) is 0.824. The molecule has 0 aliphatic carbocycles. The predicted molar refractivity (Wildman–Crippen MR) is 64.6 cm³/mol. The lowest BCUT2D eigenvalue weighted by Crippen LogP contribution is -2.35. The fourth-order valence-electron chi connectivity index (χ4n) is 1.58. The van der Waals surface area contributed by atoms with Crippen molar-refractivity contribution in [3.05, 3.63) is 34.9 Å². The minimum atomic E-state index is -0.0244. The van der Waals surface area contributed by atoms with Crippen molar-refractivity contribution in [3.8, 4) is 0 Å². The standard InChI is InChI=1S/C11H14ClNO.ClH/c1-11(2)7-14-10(13-11)8-4-3-5-9(12)6-8;/h3-6,10,13H,7H2,1-2H3;1H. The minimum absolute atomic E-state index is 0. The summed E-state index contributed by atoms with van der Waals surface area (Å²) in [6.45, 7) is 4.97. The van der Waals surface area contributed by atoms with Crippen LogP contribution < -0.4 is 5.32 Å². The van der Waals surface area contributed by atoms with E-state index in [9.17, 15) is 0 Å². The Hall–Kier alpha value is -0.280. The highest BCUT2D eigenvalue weighted by molar-refractivity contribution is 6.30. The van der Waals surface area contributed by atoms with Crippen molar-refractivity contribution in [1.29, 1.82) is 0 Å². The predicted octanol–water partition coefficient (Wildman–Crippen LogP) is 3.16. The number of nitrogens with one attached hydrogen (secondary N) is 1. The second-order valence-corrected chi connectivity index (χ2v) is 4.71. The molecule has 0 amide bonds. The number of halogens is 2. The molecule has 1 unspecified atom stereocenters. The normalized spacial score (nSPS) is 23.5. The summed E-state index contributed by atoms with van der Waals surface area (Å²) in [5.74, 6) is 0. The maximum absolute atomic E-state index is 5.91. The number of hydrogen-bond acceptors (Lipinski definition) is 2. The lowest BCUT2D eigenvalue weighted by molar-refractivity contribution is 0.0989. The molecule has 0 saturated carbocycles. The van der Waals surface area contributed by atoms with Gasteiger partial charge in [-0.1, -0.05) is 23.7 Å². The van der Waals surface area contributed by atoms with Gasteiger partial charge in [-0.05, 0) is 31.5 Å². The molecule has 0 radical (unpaired) electrons. The Morgan fingerprint density at radius 3 is 2.73 bits per heavy atom. The first-order valence-corrected chi connectivity index (χ1v) is 5.09. The van der Waals surface area contributed by atoms with Crippen molar-refractivity contribution in [3.63, 3.8) is 0 Å². The van der Waals surface area contributed by atoms with Crippen LogP contribution in [0.2, 0.25) is 5.02 Å². The van der Waals surface area contributed by atoms with Gasteiger partial charge in [0, 0.05) is 10.6 Å². The largest absolute Gasteiger partial charge is 0.357 e. The van der Waals surface area contributed by atoms with Crippen molar-refractivity contribution < 1.29 is 4.74 Å².